The lowest BCUT2D eigenvalue weighted by atomic mass is 10.2. The Morgan fingerprint density at radius 3 is 2.86 bits per heavy atom. The van der Waals surface area contributed by atoms with E-state index in [0.29, 0.717) is 6.54 Å². The number of nitrogens with zero attached hydrogens (tertiary/aromatic N) is 1. The molecule has 1 fully saturated rings. The second kappa shape index (κ2) is 4.89. The smallest absolute Gasteiger partial charge is 0.0594 e. The van der Waals surface area contributed by atoms with Crippen LogP contribution in [0.3, 0.4) is 0 Å². The van der Waals surface area contributed by atoms with E-state index in [2.05, 4.69) is 16.3 Å². The molecule has 4 heteroatoms. The van der Waals surface area contributed by atoms with Crippen LogP contribution in [0.1, 0.15) is 10.4 Å². The van der Waals surface area contributed by atoms with E-state index in [-0.39, 0.29) is 0 Å². The molecule has 78 valence electrons. The highest BCUT2D eigenvalue weighted by Crippen LogP contribution is 2.16. The van der Waals surface area contributed by atoms with Crippen molar-refractivity contribution in [2.75, 3.05) is 26.3 Å². The fraction of sp³-hybridized carbons (Fsp3) is 0.600. The molecule has 3 nitrogen and oxygen atoms in total. The van der Waals surface area contributed by atoms with Crippen LogP contribution in [-0.4, -0.2) is 31.2 Å². The maximum absolute atomic E-state index is 5.57. The summed E-state index contributed by atoms with van der Waals surface area (Å²) >= 11 is 1.76. The quantitative estimate of drug-likeness (QED) is 0.813. The maximum Gasteiger partial charge on any atom is 0.0594 e. The van der Waals surface area contributed by atoms with Crippen LogP contribution in [0.4, 0.5) is 0 Å². The van der Waals surface area contributed by atoms with E-state index >= 15 is 0 Å². The molecule has 0 amide bonds. The molecule has 0 unspecified atom stereocenters. The molecule has 2 heterocycles. The van der Waals surface area contributed by atoms with Crippen molar-refractivity contribution in [3.8, 4) is 0 Å². The molecule has 1 aromatic heterocycles. The van der Waals surface area contributed by atoms with Crippen LogP contribution in [0.2, 0.25) is 0 Å². The average Bonchev–Trinajstić information content (AvgIpc) is 2.67. The third-order valence-corrected chi connectivity index (χ3v) is 3.43. The molecular formula is C10H16N2OS. The number of hydrogen-bond donors (Lipinski definition) is 1. The van der Waals surface area contributed by atoms with Gasteiger partial charge in [-0.05, 0) is 17.0 Å². The van der Waals surface area contributed by atoms with Crippen LogP contribution in [0, 0.1) is 0 Å². The molecule has 1 aromatic rings. The van der Waals surface area contributed by atoms with E-state index in [1.54, 1.807) is 11.3 Å². The van der Waals surface area contributed by atoms with E-state index in [0.717, 1.165) is 32.8 Å². The number of thiophene rings is 1. The third-order valence-electron chi connectivity index (χ3n) is 2.42. The minimum Gasteiger partial charge on any atom is -0.379 e. The van der Waals surface area contributed by atoms with Gasteiger partial charge < -0.3 is 10.5 Å². The highest BCUT2D eigenvalue weighted by molar-refractivity contribution is 7.10. The number of ether oxygens (including phenoxy) is 1. The van der Waals surface area contributed by atoms with Crippen molar-refractivity contribution in [2.45, 2.75) is 13.1 Å². The van der Waals surface area contributed by atoms with Gasteiger partial charge >= 0.3 is 0 Å². The van der Waals surface area contributed by atoms with Crippen LogP contribution >= 0.6 is 11.3 Å². The van der Waals surface area contributed by atoms with Crippen molar-refractivity contribution < 1.29 is 4.74 Å². The lowest BCUT2D eigenvalue weighted by Gasteiger charge is -2.26. The van der Waals surface area contributed by atoms with Gasteiger partial charge in [-0.2, -0.15) is 0 Å². The molecule has 2 rings (SSSR count). The lowest BCUT2D eigenvalue weighted by Crippen LogP contribution is -2.35. The van der Waals surface area contributed by atoms with Gasteiger partial charge in [0.1, 0.15) is 0 Å². The van der Waals surface area contributed by atoms with Gasteiger partial charge in [0, 0.05) is 31.1 Å². The fourth-order valence-electron chi connectivity index (χ4n) is 1.63. The van der Waals surface area contributed by atoms with Crippen molar-refractivity contribution in [2.24, 2.45) is 5.73 Å². The second-order valence-corrected chi connectivity index (χ2v) is 4.51. The van der Waals surface area contributed by atoms with Gasteiger partial charge in [-0.15, -0.1) is 11.3 Å². The maximum atomic E-state index is 5.57. The minimum absolute atomic E-state index is 0.660. The summed E-state index contributed by atoms with van der Waals surface area (Å²) in [7, 11) is 0. The third kappa shape index (κ3) is 2.54. The second-order valence-electron chi connectivity index (χ2n) is 3.51. The van der Waals surface area contributed by atoms with E-state index in [4.69, 9.17) is 10.5 Å². The Balaban J connectivity index is 1.89. The van der Waals surface area contributed by atoms with E-state index in [1.165, 1.54) is 10.4 Å². The Morgan fingerprint density at radius 2 is 2.21 bits per heavy atom. The molecule has 0 bridgehead atoms. The van der Waals surface area contributed by atoms with E-state index in [1.807, 2.05) is 0 Å². The van der Waals surface area contributed by atoms with Crippen molar-refractivity contribution in [1.82, 2.24) is 4.90 Å². The Kier molecular flexibility index (Phi) is 3.53. The van der Waals surface area contributed by atoms with Crippen molar-refractivity contribution in [3.05, 3.63) is 21.9 Å². The summed E-state index contributed by atoms with van der Waals surface area (Å²) in [6.07, 6.45) is 0. The Labute approximate surface area is 88.5 Å². The van der Waals surface area contributed by atoms with Crippen LogP contribution in [0.25, 0.3) is 0 Å². The van der Waals surface area contributed by atoms with Crippen LogP contribution < -0.4 is 5.73 Å². The first-order chi connectivity index (χ1) is 6.88. The van der Waals surface area contributed by atoms with Crippen molar-refractivity contribution in [3.63, 3.8) is 0 Å². The van der Waals surface area contributed by atoms with E-state index in [9.17, 15) is 0 Å². The first-order valence-corrected chi connectivity index (χ1v) is 5.83. The van der Waals surface area contributed by atoms with Gasteiger partial charge in [0.2, 0.25) is 0 Å². The first kappa shape index (κ1) is 10.1. The zero-order valence-corrected chi connectivity index (χ0v) is 9.05. The molecule has 0 radical (unpaired) electrons. The zero-order chi connectivity index (χ0) is 9.80. The summed E-state index contributed by atoms with van der Waals surface area (Å²) in [6, 6.07) is 2.21. The molecular weight excluding hydrogens is 196 g/mol. The number of hydrogen-bond acceptors (Lipinski definition) is 4. The summed E-state index contributed by atoms with van der Waals surface area (Å²) in [5, 5.41) is 2.21. The number of rotatable bonds is 3. The Hall–Kier alpha value is -0.420. The van der Waals surface area contributed by atoms with Crippen LogP contribution in [-0.2, 0) is 17.8 Å². The average molecular weight is 212 g/mol. The van der Waals surface area contributed by atoms with Gasteiger partial charge in [-0.1, -0.05) is 0 Å². The van der Waals surface area contributed by atoms with Gasteiger partial charge in [0.05, 0.1) is 13.2 Å². The number of nitrogens with two attached hydrogens (primary N) is 1. The van der Waals surface area contributed by atoms with Gasteiger partial charge in [0.15, 0.2) is 0 Å². The normalized spacial score (nSPS) is 18.6. The summed E-state index contributed by atoms with van der Waals surface area (Å²) in [4.78, 5) is 3.69. The molecule has 1 aliphatic rings. The molecule has 0 aliphatic carbocycles. The Bertz CT molecular complexity index is 281. The van der Waals surface area contributed by atoms with Crippen LogP contribution in [0.5, 0.6) is 0 Å². The summed E-state index contributed by atoms with van der Waals surface area (Å²) in [5.74, 6) is 0. The molecule has 14 heavy (non-hydrogen) atoms. The standard InChI is InChI=1S/C10H16N2OS/c11-6-10-5-9(8-14-10)7-12-1-3-13-4-2-12/h5,8H,1-4,6-7,11H2. The molecule has 0 atom stereocenters. The highest BCUT2D eigenvalue weighted by atomic mass is 32.1. The molecule has 0 aromatic carbocycles. The van der Waals surface area contributed by atoms with Gasteiger partial charge in [0.25, 0.3) is 0 Å². The topological polar surface area (TPSA) is 38.5 Å². The van der Waals surface area contributed by atoms with Gasteiger partial charge in [-0.25, -0.2) is 0 Å². The molecule has 0 spiro atoms. The number of morpholine rings is 1. The highest BCUT2D eigenvalue weighted by Gasteiger charge is 2.11. The fourth-order valence-corrected chi connectivity index (χ4v) is 2.39. The zero-order valence-electron chi connectivity index (χ0n) is 8.24. The monoisotopic (exact) mass is 212 g/mol. The van der Waals surface area contributed by atoms with Gasteiger partial charge in [-0.3, -0.25) is 4.90 Å². The Morgan fingerprint density at radius 1 is 1.43 bits per heavy atom. The largest absolute Gasteiger partial charge is 0.379 e. The van der Waals surface area contributed by atoms with Crippen molar-refractivity contribution in [1.29, 1.82) is 0 Å². The predicted octanol–water partition coefficient (Wildman–Crippen LogP) is 1.04. The SMILES string of the molecule is NCc1cc(CN2CCOCC2)cs1. The van der Waals surface area contributed by atoms with Crippen LogP contribution in [0.15, 0.2) is 11.4 Å². The van der Waals surface area contributed by atoms with Crippen molar-refractivity contribution >= 4 is 11.3 Å². The van der Waals surface area contributed by atoms with E-state index < -0.39 is 0 Å². The lowest BCUT2D eigenvalue weighted by molar-refractivity contribution is 0.0342. The summed E-state index contributed by atoms with van der Waals surface area (Å²) in [6.45, 7) is 5.54. The molecule has 1 aliphatic heterocycles. The molecule has 2 N–H and O–H groups in total. The summed E-state index contributed by atoms with van der Waals surface area (Å²) < 4.78 is 5.30. The minimum atomic E-state index is 0.660. The molecule has 1 saturated heterocycles. The molecule has 0 saturated carbocycles. The first-order valence-electron chi connectivity index (χ1n) is 4.95. The predicted molar refractivity (Wildman–Crippen MR) is 58.3 cm³/mol. The summed E-state index contributed by atoms with van der Waals surface area (Å²) in [5.41, 5.74) is 6.96.